The number of hydrogen-bond acceptors (Lipinski definition) is 7. The zero-order valence-electron chi connectivity index (χ0n) is 17.9. The molecule has 2 heterocycles. The first kappa shape index (κ1) is 21.9. The summed E-state index contributed by atoms with van der Waals surface area (Å²) < 4.78 is 16.2. The normalized spacial score (nSPS) is 12.3. The number of amides is 1. The van der Waals surface area contributed by atoms with Crippen molar-refractivity contribution in [2.24, 2.45) is 0 Å². The summed E-state index contributed by atoms with van der Waals surface area (Å²) in [6, 6.07) is 15.7. The Morgan fingerprint density at radius 1 is 1.03 bits per heavy atom. The minimum absolute atomic E-state index is 0.147. The van der Waals surface area contributed by atoms with Gasteiger partial charge >= 0.3 is 0 Å². The van der Waals surface area contributed by atoms with E-state index in [0.29, 0.717) is 63.5 Å². The fourth-order valence-electron chi connectivity index (χ4n) is 3.41. The smallest absolute Gasteiger partial charge is 0.257 e. The van der Waals surface area contributed by atoms with Gasteiger partial charge in [0.05, 0.1) is 17.8 Å². The molecule has 1 amide bonds. The molecule has 0 saturated carbocycles. The Kier molecular flexibility index (Phi) is 5.91. The van der Waals surface area contributed by atoms with Crippen molar-refractivity contribution in [1.29, 1.82) is 0 Å². The number of nitrogens with one attached hydrogen (secondary N) is 2. The van der Waals surface area contributed by atoms with Gasteiger partial charge in [0.2, 0.25) is 0 Å². The molecule has 0 atom stereocenters. The van der Waals surface area contributed by atoms with Gasteiger partial charge in [0.1, 0.15) is 30.0 Å². The quantitative estimate of drug-likeness (QED) is 0.410. The molecule has 4 aromatic rings. The molecule has 9 nitrogen and oxygen atoms in total. The highest BCUT2D eigenvalue weighted by molar-refractivity contribution is 7.80. The number of methoxy groups -OCH3 is 1. The lowest BCUT2D eigenvalue weighted by atomic mass is 10.2. The van der Waals surface area contributed by atoms with Crippen molar-refractivity contribution in [1.82, 2.24) is 20.3 Å². The highest BCUT2D eigenvalue weighted by Crippen LogP contribution is 2.31. The van der Waals surface area contributed by atoms with E-state index in [4.69, 9.17) is 38.0 Å². The monoisotopic (exact) mass is 495 g/mol. The van der Waals surface area contributed by atoms with E-state index in [2.05, 4.69) is 20.8 Å². The Balaban J connectivity index is 1.28. The van der Waals surface area contributed by atoms with Gasteiger partial charge in [0.25, 0.3) is 5.91 Å². The van der Waals surface area contributed by atoms with Crippen LogP contribution in [0.4, 0.5) is 5.69 Å². The molecule has 1 aromatic heterocycles. The van der Waals surface area contributed by atoms with Crippen LogP contribution in [0.3, 0.4) is 0 Å². The number of rotatable bonds is 4. The third kappa shape index (κ3) is 4.45. The number of hydrogen-bond donors (Lipinski definition) is 2. The minimum atomic E-state index is -0.363. The maximum atomic E-state index is 12.6. The number of nitrogens with zero attached hydrogens (tertiary/aromatic N) is 3. The van der Waals surface area contributed by atoms with Crippen LogP contribution in [-0.2, 0) is 0 Å². The van der Waals surface area contributed by atoms with Crippen LogP contribution in [0, 0.1) is 0 Å². The lowest BCUT2D eigenvalue weighted by Gasteiger charge is -2.18. The van der Waals surface area contributed by atoms with E-state index in [9.17, 15) is 4.79 Å². The Labute approximate surface area is 204 Å². The van der Waals surface area contributed by atoms with Crippen LogP contribution in [-0.4, -0.2) is 46.3 Å². The number of thiocarbonyl (C=S) groups is 1. The highest BCUT2D eigenvalue weighted by atomic mass is 35.5. The molecule has 0 saturated heterocycles. The third-order valence-corrected chi connectivity index (χ3v) is 5.54. The van der Waals surface area contributed by atoms with Gasteiger partial charge in [0.15, 0.2) is 16.6 Å². The molecule has 11 heteroatoms. The average molecular weight is 496 g/mol. The van der Waals surface area contributed by atoms with Crippen molar-refractivity contribution in [2.45, 2.75) is 0 Å². The first-order chi connectivity index (χ1) is 16.5. The average Bonchev–Trinajstić information content (AvgIpc) is 3.27. The van der Waals surface area contributed by atoms with Crippen molar-refractivity contribution in [3.05, 3.63) is 65.2 Å². The van der Waals surface area contributed by atoms with Gasteiger partial charge in [-0.2, -0.15) is 4.80 Å². The van der Waals surface area contributed by atoms with Crippen LogP contribution in [0.15, 0.2) is 54.6 Å². The van der Waals surface area contributed by atoms with Crippen molar-refractivity contribution in [3.8, 4) is 22.9 Å². The van der Waals surface area contributed by atoms with Gasteiger partial charge in [-0.25, -0.2) is 0 Å². The number of anilines is 1. The molecule has 0 bridgehead atoms. The molecular formula is C23H18ClN5O4S. The van der Waals surface area contributed by atoms with E-state index < -0.39 is 0 Å². The van der Waals surface area contributed by atoms with Crippen LogP contribution in [0.25, 0.3) is 16.7 Å². The molecule has 5 rings (SSSR count). The van der Waals surface area contributed by atoms with E-state index in [1.165, 1.54) is 4.80 Å². The third-order valence-electron chi connectivity index (χ3n) is 5.04. The Hall–Kier alpha value is -3.89. The van der Waals surface area contributed by atoms with Crippen LogP contribution in [0.1, 0.15) is 10.4 Å². The molecule has 34 heavy (non-hydrogen) atoms. The molecule has 0 aliphatic carbocycles. The van der Waals surface area contributed by atoms with Gasteiger partial charge in [-0.3, -0.25) is 10.1 Å². The zero-order valence-corrected chi connectivity index (χ0v) is 19.4. The van der Waals surface area contributed by atoms with Crippen molar-refractivity contribution < 1.29 is 19.0 Å². The van der Waals surface area contributed by atoms with Crippen molar-refractivity contribution in [3.63, 3.8) is 0 Å². The Morgan fingerprint density at radius 2 is 1.82 bits per heavy atom. The first-order valence-corrected chi connectivity index (χ1v) is 11.0. The molecule has 0 fully saturated rings. The van der Waals surface area contributed by atoms with Crippen molar-refractivity contribution >= 4 is 51.6 Å². The number of ether oxygens (including phenoxy) is 3. The van der Waals surface area contributed by atoms with Gasteiger partial charge in [0, 0.05) is 11.3 Å². The second-order valence-corrected chi connectivity index (χ2v) is 8.09. The fraction of sp³-hybridized carbons (Fsp3) is 0.130. The van der Waals surface area contributed by atoms with E-state index >= 15 is 0 Å². The molecular weight excluding hydrogens is 478 g/mol. The maximum absolute atomic E-state index is 12.6. The van der Waals surface area contributed by atoms with Crippen molar-refractivity contribution in [2.75, 3.05) is 25.6 Å². The summed E-state index contributed by atoms with van der Waals surface area (Å²) in [6.45, 7) is 0.926. The molecule has 1 aliphatic rings. The van der Waals surface area contributed by atoms with Gasteiger partial charge < -0.3 is 19.5 Å². The molecule has 0 radical (unpaired) electrons. The molecule has 172 valence electrons. The van der Waals surface area contributed by atoms with Gasteiger partial charge in [-0.1, -0.05) is 11.6 Å². The molecule has 0 unspecified atom stereocenters. The number of benzene rings is 3. The summed E-state index contributed by atoms with van der Waals surface area (Å²) in [7, 11) is 1.55. The lowest BCUT2D eigenvalue weighted by molar-refractivity contribution is 0.0976. The fourth-order valence-corrected chi connectivity index (χ4v) is 3.87. The number of halogens is 1. The van der Waals surface area contributed by atoms with E-state index in [-0.39, 0.29) is 11.0 Å². The summed E-state index contributed by atoms with van der Waals surface area (Å²) in [4.78, 5) is 14.1. The standard InChI is InChI=1S/C23H18ClN5O4S/c1-31-19-7-4-15(12-16(19)24)29-27-17-5-3-14(11-18(17)28-29)25-23(34)26-22(30)13-2-6-20-21(10-13)33-9-8-32-20/h2-7,10-12H,8-9H2,1H3,(H2,25,26,30,34). The lowest BCUT2D eigenvalue weighted by Crippen LogP contribution is -2.34. The predicted molar refractivity (Wildman–Crippen MR) is 132 cm³/mol. The predicted octanol–water partition coefficient (Wildman–Crippen LogP) is 3.98. The number of fused-ring (bicyclic) bond motifs is 2. The van der Waals surface area contributed by atoms with Crippen LogP contribution in [0.5, 0.6) is 17.2 Å². The topological polar surface area (TPSA) is 99.5 Å². The number of carbonyl (C=O) groups excluding carboxylic acids is 1. The van der Waals surface area contributed by atoms with Gasteiger partial charge in [-0.05, 0) is 66.8 Å². The Bertz CT molecular complexity index is 1420. The molecule has 3 aromatic carbocycles. The molecule has 2 N–H and O–H groups in total. The number of aromatic nitrogens is 3. The molecule has 0 spiro atoms. The number of carbonyl (C=O) groups is 1. The van der Waals surface area contributed by atoms with Crippen LogP contribution in [0.2, 0.25) is 5.02 Å². The summed E-state index contributed by atoms with van der Waals surface area (Å²) in [5, 5.41) is 15.3. The van der Waals surface area contributed by atoms with E-state index in [1.807, 2.05) is 6.07 Å². The van der Waals surface area contributed by atoms with E-state index in [0.717, 1.165) is 0 Å². The first-order valence-electron chi connectivity index (χ1n) is 10.2. The second kappa shape index (κ2) is 9.16. The zero-order chi connectivity index (χ0) is 23.7. The largest absolute Gasteiger partial charge is 0.495 e. The summed E-state index contributed by atoms with van der Waals surface area (Å²) in [5.74, 6) is 1.35. The van der Waals surface area contributed by atoms with E-state index in [1.54, 1.807) is 55.6 Å². The summed E-state index contributed by atoms with van der Waals surface area (Å²) >= 11 is 11.5. The second-order valence-electron chi connectivity index (χ2n) is 7.28. The van der Waals surface area contributed by atoms with Crippen LogP contribution < -0.4 is 24.8 Å². The minimum Gasteiger partial charge on any atom is -0.495 e. The highest BCUT2D eigenvalue weighted by Gasteiger charge is 2.16. The van der Waals surface area contributed by atoms with Crippen LogP contribution >= 0.6 is 23.8 Å². The molecule has 1 aliphatic heterocycles. The summed E-state index contributed by atoms with van der Waals surface area (Å²) in [6.07, 6.45) is 0. The van der Waals surface area contributed by atoms with Gasteiger partial charge in [-0.15, -0.1) is 10.2 Å². The Morgan fingerprint density at radius 3 is 2.62 bits per heavy atom. The summed E-state index contributed by atoms with van der Waals surface area (Å²) in [5.41, 5.74) is 3.07. The maximum Gasteiger partial charge on any atom is 0.257 e. The SMILES string of the molecule is COc1ccc(-n2nc3ccc(NC(=S)NC(=O)c4ccc5c(c4)OCCO5)cc3n2)cc1Cl.